The third kappa shape index (κ3) is 19.1. The average molecular weight is 1430 g/mol. The van der Waals surface area contributed by atoms with Crippen molar-refractivity contribution in [2.45, 2.75) is 237 Å². The number of hydrogen-bond donors (Lipinski definition) is 2. The summed E-state index contributed by atoms with van der Waals surface area (Å²) in [5.74, 6) is -0.0900. The van der Waals surface area contributed by atoms with Crippen LogP contribution in [0.3, 0.4) is 0 Å². The quantitative estimate of drug-likeness (QED) is 0.0492. The standard InChI is InChI=1S/C83H100F2N2O4.C4H8O.C4H11Si.Sc/c1-76(2,3)48-82(19,20)54-42-64(74(88)70(44-54)86-66-30-24-50(78(7,8)9)38-58(66)59-39-51(79(10,11)12)25-31-67(59)86)62-46-56(84)28-34-72(62)90-36-23-37-91-73-35-29-57(85)47-63(73)65-43-55(83(21,22)49-77(4,5)6)45-71(75(65)89)87-68-32-26-52(80(13,14)15)40-60(68)61-41-53(81(16,17)18)27-33-69(61)87;1-2-4-5-3-1;1-5(2,3)4;/h24-35,38-47,88-89H,23,36-37,48-49H2,1-22H3;1-4H2;1H2,2-4H3;/q;;-1;/p+1. The predicted molar refractivity (Wildman–Crippen MR) is 430 cm³/mol. The number of hydrogen-bond acceptors (Lipinski definition) is 4. The second kappa shape index (κ2) is 30.1. The van der Waals surface area contributed by atoms with Gasteiger partial charge in [0.1, 0.15) is 47.8 Å². The van der Waals surface area contributed by atoms with E-state index in [4.69, 9.17) is 9.47 Å². The maximum absolute atomic E-state index is 15.9. The van der Waals surface area contributed by atoms with Crippen LogP contribution in [0.15, 0.2) is 133 Å². The molecule has 0 bridgehead atoms. The SMILES string of the molecule is C1CC[OH+]C1.CC(C)(C)CC(C)(C)c1cc(-c2cc(F)ccc2OCCCOc2ccc(F)cc2-c2cc(C(C)(C)CC(C)(C)C)cc(-n3c4ccc(C(C)(C)C)cc4c4cc(C(C)(C)C)ccc43)c2O)c(O)c(-n2c3ccc(C(C)(C)C)cc3c3cc(C(C)(C)C)ccc32)c1.[CH2-][Si](C)(C)C.[Sc]. The average Bonchev–Trinajstić information content (AvgIpc) is 1.59. The fraction of sp³-hybridized carbons (Fsp3) is 0.462. The second-order valence-electron chi connectivity index (χ2n) is 37.9. The van der Waals surface area contributed by atoms with E-state index >= 15 is 8.78 Å². The van der Waals surface area contributed by atoms with E-state index in [-0.39, 0.29) is 93.9 Å². The van der Waals surface area contributed by atoms with Crippen LogP contribution in [0.25, 0.3) is 77.2 Å². The van der Waals surface area contributed by atoms with Gasteiger partial charge in [-0.25, -0.2) is 8.78 Å². The summed E-state index contributed by atoms with van der Waals surface area (Å²) in [5, 5.41) is 30.4. The maximum atomic E-state index is 15.9. The molecular weight excluding hydrogens is 1310 g/mol. The van der Waals surface area contributed by atoms with Crippen molar-refractivity contribution in [3.63, 3.8) is 0 Å². The number of aliphatic hydroxyl groups is 2. The molecule has 3 heterocycles. The Morgan fingerprint density at radius 2 is 0.686 bits per heavy atom. The molecule has 1 saturated heterocycles. The first-order valence-electron chi connectivity index (χ1n) is 36.8. The third-order valence-corrected chi connectivity index (χ3v) is 19.3. The van der Waals surface area contributed by atoms with Gasteiger partial charge in [-0.3, -0.25) is 0 Å². The number of phenolic OH excluding ortho intramolecular Hbond substituents is 2. The van der Waals surface area contributed by atoms with Crippen molar-refractivity contribution in [2.75, 3.05) is 26.4 Å². The first-order chi connectivity index (χ1) is 46.5. The summed E-state index contributed by atoms with van der Waals surface area (Å²) < 4.78 is 53.7. The van der Waals surface area contributed by atoms with Gasteiger partial charge >= 0.3 is 0 Å². The largest absolute Gasteiger partial charge is 0.505 e. The van der Waals surface area contributed by atoms with Crippen LogP contribution in [0.5, 0.6) is 23.0 Å². The number of aromatic hydroxyl groups is 2. The molecule has 8 aromatic carbocycles. The molecule has 0 aliphatic carbocycles. The monoisotopic (exact) mass is 1430 g/mol. The Kier molecular flexibility index (Phi) is 24.0. The van der Waals surface area contributed by atoms with Gasteiger partial charge in [0.15, 0.2) is 0 Å². The number of halogens is 2. The van der Waals surface area contributed by atoms with Crippen LogP contribution in [0, 0.1) is 29.0 Å². The summed E-state index contributed by atoms with van der Waals surface area (Å²) in [6, 6.07) is 43.9. The number of phenols is 2. The van der Waals surface area contributed by atoms with Crippen LogP contribution in [0.1, 0.15) is 218 Å². The van der Waals surface area contributed by atoms with Crippen molar-refractivity contribution in [2.24, 2.45) is 10.8 Å². The van der Waals surface area contributed by atoms with Crippen molar-refractivity contribution < 1.29 is 59.0 Å². The van der Waals surface area contributed by atoms with Gasteiger partial charge < -0.3 is 40.1 Å². The van der Waals surface area contributed by atoms with Gasteiger partial charge in [-0.15, -0.1) is 8.07 Å². The van der Waals surface area contributed by atoms with Crippen molar-refractivity contribution in [1.82, 2.24) is 9.13 Å². The molecule has 7 nitrogen and oxygen atoms in total. The molecule has 0 amide bonds. The van der Waals surface area contributed by atoms with Gasteiger partial charge in [0, 0.05) is 88.9 Å². The zero-order valence-corrected chi connectivity index (χ0v) is 69.5. The zero-order chi connectivity index (χ0) is 74.7. The molecule has 2 aromatic heterocycles. The summed E-state index contributed by atoms with van der Waals surface area (Å²) >= 11 is 0. The molecule has 102 heavy (non-hydrogen) atoms. The Morgan fingerprint density at radius 1 is 0.402 bits per heavy atom. The van der Waals surface area contributed by atoms with E-state index in [1.54, 1.807) is 12.1 Å². The van der Waals surface area contributed by atoms with E-state index < -0.39 is 19.7 Å². The molecule has 545 valence electrons. The number of nitrogens with zero attached hydrogens (tertiary/aromatic N) is 2. The molecule has 10 aromatic rings. The minimum atomic E-state index is -0.861. The van der Waals surface area contributed by atoms with Crippen LogP contribution in [-0.4, -0.2) is 58.6 Å². The molecule has 1 radical (unpaired) electrons. The Morgan fingerprint density at radius 3 is 0.931 bits per heavy atom. The summed E-state index contributed by atoms with van der Waals surface area (Å²) in [5.41, 5.74) is 12.4. The Labute approximate surface area is 631 Å². The summed E-state index contributed by atoms with van der Waals surface area (Å²) in [4.78, 5) is 0. The number of fused-ring (bicyclic) bond motifs is 6. The van der Waals surface area contributed by atoms with Crippen LogP contribution in [0.2, 0.25) is 19.6 Å². The molecule has 1 aliphatic heterocycles. The van der Waals surface area contributed by atoms with Crippen molar-refractivity contribution in [3.05, 3.63) is 185 Å². The molecule has 0 atom stereocenters. The van der Waals surface area contributed by atoms with Crippen LogP contribution in [0.4, 0.5) is 8.78 Å². The zero-order valence-electron chi connectivity index (χ0n) is 66.7. The summed E-state index contributed by atoms with van der Waals surface area (Å²) in [6.07, 6.45) is 4.73. The first kappa shape index (κ1) is 81.1. The van der Waals surface area contributed by atoms with E-state index in [1.807, 2.05) is 12.1 Å². The predicted octanol–water partition coefficient (Wildman–Crippen LogP) is 25.4. The van der Waals surface area contributed by atoms with E-state index in [0.717, 1.165) is 80.8 Å². The van der Waals surface area contributed by atoms with Crippen LogP contribution in [-0.2, 0) is 58.3 Å². The maximum Gasteiger partial charge on any atom is 0.147 e. The van der Waals surface area contributed by atoms with E-state index in [0.29, 0.717) is 51.5 Å². The minimum absolute atomic E-state index is 0. The number of benzene rings is 8. The third-order valence-electron chi connectivity index (χ3n) is 19.3. The first-order valence-corrected chi connectivity index (χ1v) is 40.5. The van der Waals surface area contributed by atoms with Crippen LogP contribution < -0.4 is 9.47 Å². The van der Waals surface area contributed by atoms with E-state index in [2.05, 4.69) is 277 Å². The fourth-order valence-corrected chi connectivity index (χ4v) is 14.7. The van der Waals surface area contributed by atoms with Gasteiger partial charge in [0.25, 0.3) is 0 Å². The molecule has 0 unspecified atom stereocenters. The number of aromatic nitrogens is 2. The molecule has 0 saturated carbocycles. The van der Waals surface area contributed by atoms with E-state index in [9.17, 15) is 10.2 Å². The molecule has 0 spiro atoms. The number of ether oxygens (including phenoxy) is 3. The van der Waals surface area contributed by atoms with Gasteiger partial charge in [-0.05, 0) is 199 Å². The molecule has 3 N–H and O–H groups in total. The Hall–Kier alpha value is -6.53. The van der Waals surface area contributed by atoms with Gasteiger partial charge in [-0.2, -0.15) is 0 Å². The molecule has 1 fully saturated rings. The van der Waals surface area contributed by atoms with Gasteiger partial charge in [0.2, 0.25) is 0 Å². The summed E-state index contributed by atoms with van der Waals surface area (Å²) in [6.45, 7) is 62.3. The molecule has 1 aliphatic rings. The smallest absolute Gasteiger partial charge is 0.147 e. The van der Waals surface area contributed by atoms with Crippen molar-refractivity contribution in [1.29, 1.82) is 0 Å². The Balaban J connectivity index is 0.00000111. The molecule has 11 rings (SSSR count). The minimum Gasteiger partial charge on any atom is -0.505 e. The topological polar surface area (TPSA) is 81.6 Å². The second-order valence-corrected chi connectivity index (χ2v) is 43.0. The normalized spacial score (nSPS) is 13.7. The van der Waals surface area contributed by atoms with Crippen LogP contribution >= 0.6 is 0 Å². The van der Waals surface area contributed by atoms with Crippen molar-refractivity contribution >= 4 is 51.7 Å². The fourth-order valence-electron chi connectivity index (χ4n) is 14.7. The molecular formula is C91H120F2N2O5ScSi. The van der Waals surface area contributed by atoms with Crippen molar-refractivity contribution in [3.8, 4) is 56.6 Å². The number of rotatable bonds is 14. The van der Waals surface area contributed by atoms with Gasteiger partial charge in [-0.1, -0.05) is 196 Å². The van der Waals surface area contributed by atoms with E-state index in [1.165, 1.54) is 59.4 Å². The van der Waals surface area contributed by atoms with Gasteiger partial charge in [0.05, 0.1) is 46.7 Å². The summed E-state index contributed by atoms with van der Waals surface area (Å²) in [7, 11) is -0.861. The molecule has 11 heteroatoms. The Bertz CT molecular complexity index is 4210.